The molecule has 0 saturated carbocycles. The second-order valence-corrected chi connectivity index (χ2v) is 7.54. The van der Waals surface area contributed by atoms with Gasteiger partial charge in [0.1, 0.15) is 5.75 Å². The van der Waals surface area contributed by atoms with Crippen molar-refractivity contribution in [3.05, 3.63) is 59.7 Å². The lowest BCUT2D eigenvalue weighted by Gasteiger charge is -2.09. The predicted molar refractivity (Wildman–Crippen MR) is 103 cm³/mol. The van der Waals surface area contributed by atoms with Crippen LogP contribution in [0.4, 0.5) is 4.79 Å². The van der Waals surface area contributed by atoms with Crippen LogP contribution < -0.4 is 14.8 Å². The molecule has 0 heterocycles. The quantitative estimate of drug-likeness (QED) is 0.395. The van der Waals surface area contributed by atoms with E-state index in [4.69, 9.17) is 4.74 Å². The third-order valence-electron chi connectivity index (χ3n) is 3.61. The molecule has 0 spiro atoms. The Morgan fingerprint density at radius 3 is 2.21 bits per heavy atom. The average Bonchev–Trinajstić information content (AvgIpc) is 2.66. The van der Waals surface area contributed by atoms with E-state index < -0.39 is 16.2 Å². The van der Waals surface area contributed by atoms with Crippen molar-refractivity contribution in [3.8, 4) is 5.75 Å². The molecule has 0 aliphatic carbocycles. The van der Waals surface area contributed by atoms with Crippen molar-refractivity contribution >= 4 is 22.1 Å². The number of sulfonamides is 1. The third kappa shape index (κ3) is 6.36. The second kappa shape index (κ2) is 9.86. The first-order valence-corrected chi connectivity index (χ1v) is 10.1. The second-order valence-electron chi connectivity index (χ2n) is 5.78. The van der Waals surface area contributed by atoms with E-state index in [0.29, 0.717) is 5.56 Å². The fraction of sp³-hybridized carbons (Fsp3) is 0.263. The van der Waals surface area contributed by atoms with E-state index >= 15 is 0 Å². The van der Waals surface area contributed by atoms with Crippen molar-refractivity contribution in [2.75, 3.05) is 19.7 Å². The maximum atomic E-state index is 12.2. The Kier molecular flexibility index (Phi) is 7.53. The maximum Gasteiger partial charge on any atom is 0.513 e. The average molecular weight is 406 g/mol. The topological polar surface area (TPSA) is 111 Å². The largest absolute Gasteiger partial charge is 0.513 e. The Morgan fingerprint density at radius 1 is 0.964 bits per heavy atom. The van der Waals surface area contributed by atoms with Crippen molar-refractivity contribution in [3.63, 3.8) is 0 Å². The van der Waals surface area contributed by atoms with E-state index in [1.165, 1.54) is 36.4 Å². The van der Waals surface area contributed by atoms with E-state index in [-0.39, 0.29) is 36.2 Å². The number of ether oxygens (including phenoxy) is 2. The lowest BCUT2D eigenvalue weighted by molar-refractivity contribution is 0.0954. The van der Waals surface area contributed by atoms with Crippen molar-refractivity contribution in [1.82, 2.24) is 10.0 Å². The molecule has 8 nitrogen and oxygen atoms in total. The maximum absolute atomic E-state index is 12.2. The molecule has 0 aromatic heterocycles. The molecule has 0 radical (unpaired) electrons. The van der Waals surface area contributed by atoms with Gasteiger partial charge in [-0.25, -0.2) is 17.9 Å². The Hall–Kier alpha value is -2.91. The zero-order chi connectivity index (χ0) is 20.6. The molecule has 0 saturated heterocycles. The van der Waals surface area contributed by atoms with Crippen LogP contribution in [0.5, 0.6) is 5.75 Å². The van der Waals surface area contributed by atoms with Crippen LogP contribution in [0.15, 0.2) is 53.4 Å². The van der Waals surface area contributed by atoms with E-state index in [9.17, 15) is 18.0 Å². The summed E-state index contributed by atoms with van der Waals surface area (Å²) in [5, 5.41) is 2.61. The minimum absolute atomic E-state index is 0.0476. The van der Waals surface area contributed by atoms with Crippen molar-refractivity contribution in [2.45, 2.75) is 18.7 Å². The van der Waals surface area contributed by atoms with Gasteiger partial charge in [-0.2, -0.15) is 0 Å². The number of carbonyl (C=O) groups excluding carboxylic acids is 2. The molecule has 1 amide bonds. The van der Waals surface area contributed by atoms with Crippen LogP contribution in [0.3, 0.4) is 0 Å². The van der Waals surface area contributed by atoms with Gasteiger partial charge in [0.15, 0.2) is 0 Å². The summed E-state index contributed by atoms with van der Waals surface area (Å²) >= 11 is 0. The third-order valence-corrected chi connectivity index (χ3v) is 5.09. The van der Waals surface area contributed by atoms with Crippen LogP contribution in [-0.2, 0) is 14.8 Å². The standard InChI is InChI=1S/C19H22N2O6S/c1-3-26-19(23)27-16-8-6-15(7-9-16)18(22)20-12-13-21-28(24,25)17-10-4-14(2)5-11-17/h4-11,21H,3,12-13H2,1-2H3,(H,20,22). The summed E-state index contributed by atoms with van der Waals surface area (Å²) in [4.78, 5) is 23.5. The monoisotopic (exact) mass is 406 g/mol. The highest BCUT2D eigenvalue weighted by molar-refractivity contribution is 7.89. The molecular formula is C19H22N2O6S. The first kappa shape index (κ1) is 21.4. The molecular weight excluding hydrogens is 384 g/mol. The van der Waals surface area contributed by atoms with Crippen LogP contribution in [-0.4, -0.2) is 40.2 Å². The molecule has 150 valence electrons. The highest BCUT2D eigenvalue weighted by atomic mass is 32.2. The Bertz CT molecular complexity index is 908. The van der Waals surface area contributed by atoms with Gasteiger partial charge < -0.3 is 14.8 Å². The summed E-state index contributed by atoms with van der Waals surface area (Å²) in [5.74, 6) is -0.127. The summed E-state index contributed by atoms with van der Waals surface area (Å²) in [6, 6.07) is 12.4. The van der Waals surface area contributed by atoms with Gasteiger partial charge in [0.25, 0.3) is 5.91 Å². The van der Waals surface area contributed by atoms with Crippen molar-refractivity contribution in [1.29, 1.82) is 0 Å². The molecule has 9 heteroatoms. The van der Waals surface area contributed by atoms with E-state index in [0.717, 1.165) is 5.56 Å². The molecule has 2 aromatic carbocycles. The minimum atomic E-state index is -3.62. The molecule has 0 aliphatic rings. The van der Waals surface area contributed by atoms with Gasteiger partial charge in [-0.1, -0.05) is 17.7 Å². The molecule has 2 rings (SSSR count). The van der Waals surface area contributed by atoms with Crippen molar-refractivity contribution in [2.24, 2.45) is 0 Å². The normalized spacial score (nSPS) is 10.9. The number of hydrogen-bond acceptors (Lipinski definition) is 6. The molecule has 2 aromatic rings. The minimum Gasteiger partial charge on any atom is -0.434 e. The molecule has 0 atom stereocenters. The van der Waals surface area contributed by atoms with Gasteiger partial charge in [0.2, 0.25) is 10.0 Å². The fourth-order valence-electron chi connectivity index (χ4n) is 2.18. The van der Waals surface area contributed by atoms with Crippen molar-refractivity contribution < 1.29 is 27.5 Å². The van der Waals surface area contributed by atoms with E-state index in [2.05, 4.69) is 14.8 Å². The zero-order valence-corrected chi connectivity index (χ0v) is 16.4. The first-order chi connectivity index (χ1) is 13.3. The molecule has 0 aliphatic heterocycles. The SMILES string of the molecule is CCOC(=O)Oc1ccc(C(=O)NCCNS(=O)(=O)c2ccc(C)cc2)cc1. The first-order valence-electron chi connectivity index (χ1n) is 8.61. The van der Waals surface area contributed by atoms with Crippen LogP contribution in [0.1, 0.15) is 22.8 Å². The Morgan fingerprint density at radius 2 is 1.61 bits per heavy atom. The summed E-state index contributed by atoms with van der Waals surface area (Å²) in [6.45, 7) is 3.90. The number of aryl methyl sites for hydroxylation is 1. The Labute approximate surface area is 163 Å². The van der Waals surface area contributed by atoms with Crippen LogP contribution >= 0.6 is 0 Å². The van der Waals surface area contributed by atoms with E-state index in [1.54, 1.807) is 19.1 Å². The predicted octanol–water partition coefficient (Wildman–Crippen LogP) is 2.24. The number of hydrogen-bond donors (Lipinski definition) is 2. The van der Waals surface area contributed by atoms with Gasteiger partial charge in [0.05, 0.1) is 11.5 Å². The highest BCUT2D eigenvalue weighted by Gasteiger charge is 2.13. The molecule has 0 fully saturated rings. The number of rotatable bonds is 8. The number of nitrogens with one attached hydrogen (secondary N) is 2. The number of amides is 1. The van der Waals surface area contributed by atoms with Crippen LogP contribution in [0.25, 0.3) is 0 Å². The smallest absolute Gasteiger partial charge is 0.434 e. The Balaban J connectivity index is 1.80. The van der Waals surface area contributed by atoms with Gasteiger partial charge in [-0.05, 0) is 50.2 Å². The highest BCUT2D eigenvalue weighted by Crippen LogP contribution is 2.13. The molecule has 0 unspecified atom stereocenters. The molecule has 2 N–H and O–H groups in total. The summed E-state index contributed by atoms with van der Waals surface area (Å²) in [7, 11) is -3.62. The lowest BCUT2D eigenvalue weighted by Crippen LogP contribution is -2.34. The van der Waals surface area contributed by atoms with Gasteiger partial charge in [-0.3, -0.25) is 4.79 Å². The number of benzene rings is 2. The van der Waals surface area contributed by atoms with Gasteiger partial charge >= 0.3 is 6.16 Å². The zero-order valence-electron chi connectivity index (χ0n) is 15.6. The summed E-state index contributed by atoms with van der Waals surface area (Å²) in [6.07, 6.45) is -0.819. The van der Waals surface area contributed by atoms with Crippen LogP contribution in [0.2, 0.25) is 0 Å². The van der Waals surface area contributed by atoms with Gasteiger partial charge in [0, 0.05) is 18.7 Å². The fourth-order valence-corrected chi connectivity index (χ4v) is 3.21. The molecule has 28 heavy (non-hydrogen) atoms. The lowest BCUT2D eigenvalue weighted by atomic mass is 10.2. The molecule has 0 bridgehead atoms. The summed E-state index contributed by atoms with van der Waals surface area (Å²) in [5.41, 5.74) is 1.31. The number of carbonyl (C=O) groups is 2. The summed E-state index contributed by atoms with van der Waals surface area (Å²) < 4.78 is 36.3. The van der Waals surface area contributed by atoms with Gasteiger partial charge in [-0.15, -0.1) is 0 Å². The van der Waals surface area contributed by atoms with Crippen LogP contribution in [0, 0.1) is 6.92 Å². The van der Waals surface area contributed by atoms with E-state index in [1.807, 2.05) is 6.92 Å².